The Hall–Kier alpha value is -3.52. The van der Waals surface area contributed by atoms with Crippen molar-refractivity contribution in [3.63, 3.8) is 0 Å². The molecule has 2 fully saturated rings. The fourth-order valence-electron chi connectivity index (χ4n) is 7.28. The summed E-state index contributed by atoms with van der Waals surface area (Å²) in [6.07, 6.45) is 0.181. The van der Waals surface area contributed by atoms with E-state index in [1.54, 1.807) is 6.92 Å². The maximum Gasteiger partial charge on any atom is 0.417 e. The van der Waals surface area contributed by atoms with Crippen LogP contribution in [0.5, 0.6) is 11.9 Å². The lowest BCUT2D eigenvalue weighted by Gasteiger charge is -2.44. The molecule has 0 amide bonds. The van der Waals surface area contributed by atoms with E-state index in [0.717, 1.165) is 51.6 Å². The SMILES string of the molecule is CC.Cc1c(F)c(N)cc(-c2nc3c4c(nc(OCC56CCCC5N(C)CCC6)nc4c2F)NCCNCCC(C)O3)c1C(F)(F)F. The Kier molecular flexibility index (Phi) is 10.3. The summed E-state index contributed by atoms with van der Waals surface area (Å²) in [5, 5.41) is 6.54. The molecule has 47 heavy (non-hydrogen) atoms. The van der Waals surface area contributed by atoms with E-state index in [9.17, 15) is 17.6 Å². The fraction of sp³-hybridized carbons (Fsp3) is 0.606. The Bertz CT molecular complexity index is 1600. The molecule has 4 N–H and O–H groups in total. The van der Waals surface area contributed by atoms with Gasteiger partial charge >= 0.3 is 12.2 Å². The molecule has 0 bridgehead atoms. The van der Waals surface area contributed by atoms with E-state index in [1.807, 2.05) is 13.8 Å². The van der Waals surface area contributed by atoms with E-state index in [4.69, 9.17) is 15.2 Å². The summed E-state index contributed by atoms with van der Waals surface area (Å²) in [6.45, 7) is 9.63. The number of hydrogen-bond donors (Lipinski definition) is 3. The zero-order chi connectivity index (χ0) is 34.1. The molecule has 4 heterocycles. The maximum atomic E-state index is 16.6. The molecule has 3 atom stereocenters. The molecule has 1 saturated carbocycles. The van der Waals surface area contributed by atoms with Crippen molar-refractivity contribution in [2.45, 2.75) is 84.5 Å². The first-order chi connectivity index (χ1) is 22.4. The molecule has 3 unspecified atom stereocenters. The number of nitrogens with two attached hydrogens (primary N) is 1. The van der Waals surface area contributed by atoms with Crippen LogP contribution in [0.2, 0.25) is 0 Å². The van der Waals surface area contributed by atoms with E-state index in [1.165, 1.54) is 0 Å². The number of aromatic nitrogens is 3. The van der Waals surface area contributed by atoms with Gasteiger partial charge in [0.25, 0.3) is 0 Å². The number of anilines is 2. The van der Waals surface area contributed by atoms with Gasteiger partial charge in [0.1, 0.15) is 28.2 Å². The second kappa shape index (κ2) is 13.9. The normalized spacial score (nSPS) is 23.5. The number of ether oxygens (including phenoxy) is 2. The van der Waals surface area contributed by atoms with Gasteiger partial charge in [-0.2, -0.15) is 23.1 Å². The maximum absolute atomic E-state index is 16.6. The molecule has 0 spiro atoms. The molecule has 3 aromatic rings. The van der Waals surface area contributed by atoms with Crippen molar-refractivity contribution >= 4 is 22.4 Å². The van der Waals surface area contributed by atoms with Gasteiger partial charge in [0, 0.05) is 30.1 Å². The number of hydrogen-bond acceptors (Lipinski definition) is 9. The summed E-state index contributed by atoms with van der Waals surface area (Å²) in [5.74, 6) is -2.35. The molecular weight excluding hydrogens is 621 g/mol. The zero-order valence-electron chi connectivity index (χ0n) is 27.6. The third kappa shape index (κ3) is 6.76. The number of nitrogen functional groups attached to an aromatic ring is 1. The highest BCUT2D eigenvalue weighted by Crippen LogP contribution is 2.48. The highest BCUT2D eigenvalue weighted by atomic mass is 19.4. The monoisotopic (exact) mass is 665 g/mol. The van der Waals surface area contributed by atoms with Crippen LogP contribution in [-0.4, -0.2) is 71.8 Å². The van der Waals surface area contributed by atoms with E-state index in [2.05, 4.69) is 37.5 Å². The number of likely N-dealkylation sites (tertiary alicyclic amines) is 1. The average Bonchev–Trinajstić information content (AvgIpc) is 3.46. The largest absolute Gasteiger partial charge is 0.474 e. The Balaban J connectivity index is 0.00000213. The minimum atomic E-state index is -5.04. The topological polar surface area (TPSA) is 110 Å². The number of fused-ring (bicyclic) bond motifs is 1. The van der Waals surface area contributed by atoms with E-state index in [-0.39, 0.29) is 34.0 Å². The average molecular weight is 666 g/mol. The predicted octanol–water partition coefficient (Wildman–Crippen LogP) is 6.72. The smallest absolute Gasteiger partial charge is 0.417 e. The van der Waals surface area contributed by atoms with Crippen LogP contribution in [0, 0.1) is 24.0 Å². The van der Waals surface area contributed by atoms with Crippen molar-refractivity contribution in [2.75, 3.05) is 50.9 Å². The van der Waals surface area contributed by atoms with Crippen LogP contribution in [0.1, 0.15) is 70.4 Å². The van der Waals surface area contributed by atoms with Crippen LogP contribution in [0.3, 0.4) is 0 Å². The second-order valence-corrected chi connectivity index (χ2v) is 12.5. The van der Waals surface area contributed by atoms with Crippen LogP contribution in [0.4, 0.5) is 33.5 Å². The van der Waals surface area contributed by atoms with E-state index in [0.29, 0.717) is 38.7 Å². The lowest BCUT2D eigenvalue weighted by atomic mass is 9.76. The van der Waals surface area contributed by atoms with Gasteiger partial charge < -0.3 is 30.7 Å². The van der Waals surface area contributed by atoms with Gasteiger partial charge in [0.05, 0.1) is 24.0 Å². The lowest BCUT2D eigenvalue weighted by molar-refractivity contribution is -0.137. The zero-order valence-corrected chi connectivity index (χ0v) is 27.6. The van der Waals surface area contributed by atoms with Crippen LogP contribution < -0.4 is 25.8 Å². The quantitative estimate of drug-likeness (QED) is 0.207. The number of pyridine rings is 1. The van der Waals surface area contributed by atoms with Crippen LogP contribution in [0.15, 0.2) is 6.07 Å². The first-order valence-corrected chi connectivity index (χ1v) is 16.4. The lowest BCUT2D eigenvalue weighted by Crippen LogP contribution is -2.50. The van der Waals surface area contributed by atoms with Gasteiger partial charge in [0.15, 0.2) is 5.82 Å². The minimum absolute atomic E-state index is 0.0759. The van der Waals surface area contributed by atoms with Gasteiger partial charge in [-0.15, -0.1) is 0 Å². The predicted molar refractivity (Wildman–Crippen MR) is 172 cm³/mol. The highest BCUT2D eigenvalue weighted by molar-refractivity contribution is 5.96. The van der Waals surface area contributed by atoms with Crippen LogP contribution in [0.25, 0.3) is 22.2 Å². The highest BCUT2D eigenvalue weighted by Gasteiger charge is 2.47. The van der Waals surface area contributed by atoms with Crippen molar-refractivity contribution in [1.82, 2.24) is 25.2 Å². The van der Waals surface area contributed by atoms with Gasteiger partial charge in [-0.3, -0.25) is 0 Å². The molecule has 3 aliphatic rings. The van der Waals surface area contributed by atoms with Crippen LogP contribution >= 0.6 is 0 Å². The van der Waals surface area contributed by atoms with Crippen LogP contribution in [-0.2, 0) is 6.18 Å². The van der Waals surface area contributed by atoms with Crippen molar-refractivity contribution in [3.05, 3.63) is 28.8 Å². The minimum Gasteiger partial charge on any atom is -0.474 e. The number of halogens is 5. The Morgan fingerprint density at radius 3 is 2.55 bits per heavy atom. The number of alkyl halides is 3. The molecule has 1 saturated heterocycles. The summed E-state index contributed by atoms with van der Waals surface area (Å²) in [4.78, 5) is 15.7. The second-order valence-electron chi connectivity index (χ2n) is 12.5. The Morgan fingerprint density at radius 1 is 1.06 bits per heavy atom. The molecule has 258 valence electrons. The number of rotatable bonds is 4. The van der Waals surface area contributed by atoms with E-state index >= 15 is 4.39 Å². The molecule has 0 radical (unpaired) electrons. The van der Waals surface area contributed by atoms with Gasteiger partial charge in [-0.05, 0) is 77.7 Å². The third-order valence-corrected chi connectivity index (χ3v) is 9.50. The Labute approximate surface area is 271 Å². The standard InChI is InChI=1S/C31H38F5N7O2.C2H6/c1-16-7-10-38-11-12-39-27-21-26(41-29(42-27)44-15-30-8-4-6-20(30)43(3)13-5-9-30)24(33)25(40-28(21)45-16)18-14-19(37)23(32)17(2)22(18)31(34,35)36;1-2/h14,16,20,38H,4-13,15,37H2,1-3H3,(H,39,41,42);1-2H3. The van der Waals surface area contributed by atoms with Crippen molar-refractivity contribution < 1.29 is 31.4 Å². The molecule has 2 aromatic heterocycles. The molecule has 6 rings (SSSR count). The Morgan fingerprint density at radius 2 is 1.81 bits per heavy atom. The number of benzene rings is 1. The van der Waals surface area contributed by atoms with Crippen molar-refractivity contribution in [3.8, 4) is 23.1 Å². The fourth-order valence-corrected chi connectivity index (χ4v) is 7.28. The molecule has 1 aliphatic carbocycles. The van der Waals surface area contributed by atoms with Crippen molar-refractivity contribution in [2.24, 2.45) is 5.41 Å². The first kappa shape index (κ1) is 34.8. The number of nitrogens with zero attached hydrogens (tertiary/aromatic N) is 4. The van der Waals surface area contributed by atoms with Gasteiger partial charge in [-0.25, -0.2) is 13.8 Å². The molecular formula is C33H44F5N7O2. The van der Waals surface area contributed by atoms with Gasteiger partial charge in [-0.1, -0.05) is 20.3 Å². The number of nitrogens with one attached hydrogen (secondary N) is 2. The molecule has 9 nitrogen and oxygen atoms in total. The summed E-state index contributed by atoms with van der Waals surface area (Å²) in [7, 11) is 2.12. The van der Waals surface area contributed by atoms with Gasteiger partial charge in [0.2, 0.25) is 5.88 Å². The third-order valence-electron chi connectivity index (χ3n) is 9.50. The molecule has 2 aliphatic heterocycles. The number of piperidine rings is 1. The molecule has 1 aromatic carbocycles. The van der Waals surface area contributed by atoms with E-state index < -0.39 is 52.0 Å². The summed E-state index contributed by atoms with van der Waals surface area (Å²) in [6, 6.07) is 0.991. The summed E-state index contributed by atoms with van der Waals surface area (Å²) < 4.78 is 86.7. The summed E-state index contributed by atoms with van der Waals surface area (Å²) in [5.41, 5.74) is 1.21. The van der Waals surface area contributed by atoms with Crippen molar-refractivity contribution in [1.29, 1.82) is 0 Å². The first-order valence-electron chi connectivity index (χ1n) is 16.4. The summed E-state index contributed by atoms with van der Waals surface area (Å²) >= 11 is 0. The molecule has 14 heteroatoms.